The number of hydrogen-bond donors (Lipinski definition) is 0. The molecule has 0 fully saturated rings. The van der Waals surface area contributed by atoms with Crippen LogP contribution in [0.4, 0.5) is 4.39 Å². The summed E-state index contributed by atoms with van der Waals surface area (Å²) < 4.78 is 14.5. The first-order chi connectivity index (χ1) is 10.6. The van der Waals surface area contributed by atoms with E-state index in [0.29, 0.717) is 18.8 Å². The standard InChI is InChI=1S/C21H27F/c1-4-5-20(19-12-8-17(3)9-13-19)15-21(22)14-18-10-6-16(2)7-11-18/h6-13,20-21H,4-5,14-15H2,1-3H3. The van der Waals surface area contributed by atoms with Crippen LogP contribution in [0.1, 0.15) is 54.4 Å². The first kappa shape index (κ1) is 16.7. The van der Waals surface area contributed by atoms with E-state index in [0.717, 1.165) is 18.4 Å². The molecule has 2 aromatic carbocycles. The van der Waals surface area contributed by atoms with Gasteiger partial charge in [-0.1, -0.05) is 73.0 Å². The molecule has 2 rings (SSSR count). The molecule has 1 heteroatoms. The normalized spacial score (nSPS) is 13.8. The molecule has 2 atom stereocenters. The Hall–Kier alpha value is -1.63. The van der Waals surface area contributed by atoms with Gasteiger partial charge in [-0.05, 0) is 43.7 Å². The summed E-state index contributed by atoms with van der Waals surface area (Å²) >= 11 is 0. The molecule has 0 radical (unpaired) electrons. The van der Waals surface area contributed by atoms with E-state index in [1.165, 1.54) is 16.7 Å². The molecule has 22 heavy (non-hydrogen) atoms. The minimum atomic E-state index is -0.777. The summed E-state index contributed by atoms with van der Waals surface area (Å²) in [5, 5.41) is 0. The fourth-order valence-electron chi connectivity index (χ4n) is 2.98. The van der Waals surface area contributed by atoms with Crippen LogP contribution in [0, 0.1) is 13.8 Å². The summed E-state index contributed by atoms with van der Waals surface area (Å²) in [7, 11) is 0. The Labute approximate surface area is 134 Å². The molecule has 0 aliphatic heterocycles. The predicted octanol–water partition coefficient (Wildman–Crippen LogP) is 6.16. The average molecular weight is 298 g/mol. The van der Waals surface area contributed by atoms with Gasteiger partial charge in [-0.2, -0.15) is 0 Å². The van der Waals surface area contributed by atoms with Crippen molar-refractivity contribution in [2.24, 2.45) is 0 Å². The number of halogens is 1. The third kappa shape index (κ3) is 4.98. The maximum atomic E-state index is 14.5. The van der Waals surface area contributed by atoms with Crippen molar-refractivity contribution in [3.8, 4) is 0 Å². The van der Waals surface area contributed by atoms with Crippen molar-refractivity contribution in [2.75, 3.05) is 0 Å². The summed E-state index contributed by atoms with van der Waals surface area (Å²) in [5.74, 6) is 0.325. The number of alkyl halides is 1. The molecule has 0 N–H and O–H groups in total. The molecule has 0 aliphatic carbocycles. The van der Waals surface area contributed by atoms with Crippen molar-refractivity contribution in [1.82, 2.24) is 0 Å². The third-order valence-electron chi connectivity index (χ3n) is 4.30. The van der Waals surface area contributed by atoms with Crippen LogP contribution in [0.15, 0.2) is 48.5 Å². The summed E-state index contributed by atoms with van der Waals surface area (Å²) in [5.41, 5.74) is 4.86. The lowest BCUT2D eigenvalue weighted by Gasteiger charge is -2.19. The molecule has 0 spiro atoms. The van der Waals surface area contributed by atoms with Crippen molar-refractivity contribution in [2.45, 2.75) is 58.5 Å². The van der Waals surface area contributed by atoms with Gasteiger partial charge in [0.15, 0.2) is 0 Å². The van der Waals surface area contributed by atoms with Crippen molar-refractivity contribution in [1.29, 1.82) is 0 Å². The first-order valence-corrected chi connectivity index (χ1v) is 8.34. The number of hydrogen-bond acceptors (Lipinski definition) is 0. The zero-order chi connectivity index (χ0) is 15.9. The molecule has 0 amide bonds. The Morgan fingerprint density at radius 3 is 1.95 bits per heavy atom. The van der Waals surface area contributed by atoms with Crippen LogP contribution in [-0.4, -0.2) is 6.17 Å². The van der Waals surface area contributed by atoms with Crippen molar-refractivity contribution in [3.05, 3.63) is 70.8 Å². The molecule has 0 saturated carbocycles. The highest BCUT2D eigenvalue weighted by Crippen LogP contribution is 2.28. The Balaban J connectivity index is 2.00. The maximum Gasteiger partial charge on any atom is 0.105 e. The van der Waals surface area contributed by atoms with E-state index >= 15 is 0 Å². The second kappa shape index (κ2) is 8.12. The van der Waals surface area contributed by atoms with Crippen LogP contribution in [-0.2, 0) is 6.42 Å². The molecule has 0 bridgehead atoms. The quantitative estimate of drug-likeness (QED) is 0.574. The largest absolute Gasteiger partial charge is 0.247 e. The van der Waals surface area contributed by atoms with E-state index in [-0.39, 0.29) is 0 Å². The summed E-state index contributed by atoms with van der Waals surface area (Å²) in [6.07, 6.45) is 2.50. The fraction of sp³-hybridized carbons (Fsp3) is 0.429. The number of benzene rings is 2. The third-order valence-corrected chi connectivity index (χ3v) is 4.30. The van der Waals surface area contributed by atoms with Crippen LogP contribution in [0.25, 0.3) is 0 Å². The minimum absolute atomic E-state index is 0.325. The summed E-state index contributed by atoms with van der Waals surface area (Å²) in [4.78, 5) is 0. The Bertz CT molecular complexity index is 553. The highest BCUT2D eigenvalue weighted by molar-refractivity contribution is 5.25. The lowest BCUT2D eigenvalue weighted by atomic mass is 9.88. The second-order valence-corrected chi connectivity index (χ2v) is 6.42. The van der Waals surface area contributed by atoms with Crippen molar-refractivity contribution < 1.29 is 4.39 Å². The zero-order valence-corrected chi connectivity index (χ0v) is 14.0. The van der Waals surface area contributed by atoms with E-state index < -0.39 is 6.17 Å². The van der Waals surface area contributed by atoms with Gasteiger partial charge in [-0.25, -0.2) is 4.39 Å². The van der Waals surface area contributed by atoms with E-state index in [1.54, 1.807) is 0 Å². The van der Waals surface area contributed by atoms with Gasteiger partial charge in [0.1, 0.15) is 6.17 Å². The second-order valence-electron chi connectivity index (χ2n) is 6.42. The van der Waals surface area contributed by atoms with Gasteiger partial charge >= 0.3 is 0 Å². The number of rotatable bonds is 7. The Morgan fingerprint density at radius 1 is 0.864 bits per heavy atom. The Morgan fingerprint density at radius 2 is 1.41 bits per heavy atom. The van der Waals surface area contributed by atoms with Crippen molar-refractivity contribution >= 4 is 0 Å². The zero-order valence-electron chi connectivity index (χ0n) is 14.0. The molecule has 0 saturated heterocycles. The van der Waals surface area contributed by atoms with Gasteiger partial charge in [-0.15, -0.1) is 0 Å². The number of aryl methyl sites for hydroxylation is 2. The van der Waals surface area contributed by atoms with Gasteiger partial charge in [0.05, 0.1) is 0 Å². The first-order valence-electron chi connectivity index (χ1n) is 8.34. The average Bonchev–Trinajstić information content (AvgIpc) is 2.50. The van der Waals surface area contributed by atoms with Crippen LogP contribution >= 0.6 is 0 Å². The molecule has 0 heterocycles. The summed E-state index contributed by atoms with van der Waals surface area (Å²) in [6.45, 7) is 6.33. The van der Waals surface area contributed by atoms with Crippen LogP contribution in [0.2, 0.25) is 0 Å². The molecule has 0 aromatic heterocycles. The van der Waals surface area contributed by atoms with Crippen LogP contribution < -0.4 is 0 Å². The molecular weight excluding hydrogens is 271 g/mol. The van der Waals surface area contributed by atoms with Gasteiger partial charge in [0, 0.05) is 6.42 Å². The van der Waals surface area contributed by atoms with E-state index in [1.807, 2.05) is 12.1 Å². The highest BCUT2D eigenvalue weighted by atomic mass is 19.1. The van der Waals surface area contributed by atoms with Gasteiger partial charge in [0.2, 0.25) is 0 Å². The SMILES string of the molecule is CCCC(CC(F)Cc1ccc(C)cc1)c1ccc(C)cc1. The van der Waals surface area contributed by atoms with Gasteiger partial charge in [0.25, 0.3) is 0 Å². The Kier molecular flexibility index (Phi) is 6.18. The van der Waals surface area contributed by atoms with E-state index in [4.69, 9.17) is 0 Å². The molecule has 2 aromatic rings. The van der Waals surface area contributed by atoms with Crippen molar-refractivity contribution in [3.63, 3.8) is 0 Å². The smallest absolute Gasteiger partial charge is 0.105 e. The molecule has 0 nitrogen and oxygen atoms in total. The molecule has 2 unspecified atom stereocenters. The fourth-order valence-corrected chi connectivity index (χ4v) is 2.98. The minimum Gasteiger partial charge on any atom is -0.247 e. The monoisotopic (exact) mass is 298 g/mol. The van der Waals surface area contributed by atoms with E-state index in [9.17, 15) is 4.39 Å². The maximum absolute atomic E-state index is 14.5. The molecule has 118 valence electrons. The lowest BCUT2D eigenvalue weighted by Crippen LogP contribution is -2.11. The van der Waals surface area contributed by atoms with Crippen LogP contribution in [0.5, 0.6) is 0 Å². The van der Waals surface area contributed by atoms with Gasteiger partial charge in [-0.3, -0.25) is 0 Å². The predicted molar refractivity (Wildman–Crippen MR) is 93.2 cm³/mol. The van der Waals surface area contributed by atoms with Gasteiger partial charge < -0.3 is 0 Å². The van der Waals surface area contributed by atoms with E-state index in [2.05, 4.69) is 57.2 Å². The lowest BCUT2D eigenvalue weighted by molar-refractivity contribution is 0.287. The molecular formula is C21H27F. The highest BCUT2D eigenvalue weighted by Gasteiger charge is 2.17. The summed E-state index contributed by atoms with van der Waals surface area (Å²) in [6, 6.07) is 16.8. The topological polar surface area (TPSA) is 0 Å². The van der Waals surface area contributed by atoms with Crippen LogP contribution in [0.3, 0.4) is 0 Å². The molecule has 0 aliphatic rings.